The van der Waals surface area contributed by atoms with Gasteiger partial charge < -0.3 is 11.1 Å². The third kappa shape index (κ3) is 2.59. The number of nitrogen functional groups attached to an aromatic ring is 1. The molecule has 2 rings (SSSR count). The lowest BCUT2D eigenvalue weighted by molar-refractivity contribution is 0.134. The number of nitrogens with zero attached hydrogens (tertiary/aromatic N) is 1. The van der Waals surface area contributed by atoms with Crippen LogP contribution in [0.5, 0.6) is 0 Å². The number of rotatable bonds is 4. The Morgan fingerprint density at radius 3 is 2.72 bits per heavy atom. The highest BCUT2D eigenvalue weighted by molar-refractivity contribution is 5.68. The monoisotopic (exact) mass is 243 g/mol. The lowest BCUT2D eigenvalue weighted by Crippen LogP contribution is -2.35. The van der Waals surface area contributed by atoms with Crippen molar-refractivity contribution in [3.63, 3.8) is 0 Å². The molecule has 1 aliphatic carbocycles. The molecular formula is C15H21N3. The van der Waals surface area contributed by atoms with Gasteiger partial charge in [-0.1, -0.05) is 20.3 Å². The van der Waals surface area contributed by atoms with Crippen LogP contribution in [0.3, 0.4) is 0 Å². The van der Waals surface area contributed by atoms with E-state index in [4.69, 9.17) is 11.0 Å². The summed E-state index contributed by atoms with van der Waals surface area (Å²) < 4.78 is 0. The van der Waals surface area contributed by atoms with Crippen LogP contribution in [0.4, 0.5) is 11.4 Å². The van der Waals surface area contributed by atoms with Crippen molar-refractivity contribution in [2.24, 2.45) is 11.3 Å². The minimum atomic E-state index is 0.285. The molecule has 18 heavy (non-hydrogen) atoms. The molecule has 0 heterocycles. The first-order valence-corrected chi connectivity index (χ1v) is 6.56. The van der Waals surface area contributed by atoms with Gasteiger partial charge in [0.2, 0.25) is 0 Å². The van der Waals surface area contributed by atoms with Crippen molar-refractivity contribution >= 4 is 11.4 Å². The molecule has 0 amide bonds. The van der Waals surface area contributed by atoms with Gasteiger partial charge in [0.15, 0.2) is 0 Å². The average Bonchev–Trinajstić information content (AvgIpc) is 2.25. The Kier molecular flexibility index (Phi) is 3.47. The van der Waals surface area contributed by atoms with E-state index in [2.05, 4.69) is 25.2 Å². The Labute approximate surface area is 109 Å². The van der Waals surface area contributed by atoms with Crippen LogP contribution in [0.15, 0.2) is 18.2 Å². The molecule has 0 aliphatic heterocycles. The summed E-state index contributed by atoms with van der Waals surface area (Å²) in [6, 6.07) is 7.50. The van der Waals surface area contributed by atoms with Crippen LogP contribution in [-0.2, 0) is 0 Å². The van der Waals surface area contributed by atoms with Crippen LogP contribution in [-0.4, -0.2) is 6.54 Å². The van der Waals surface area contributed by atoms with Crippen molar-refractivity contribution in [2.75, 3.05) is 17.6 Å². The first-order valence-electron chi connectivity index (χ1n) is 6.56. The second-order valence-electron chi connectivity index (χ2n) is 5.88. The molecule has 1 aromatic rings. The highest BCUT2D eigenvalue weighted by Crippen LogP contribution is 2.41. The number of nitriles is 1. The van der Waals surface area contributed by atoms with Crippen molar-refractivity contribution < 1.29 is 0 Å². The fraction of sp³-hybridized carbons (Fsp3) is 0.533. The van der Waals surface area contributed by atoms with E-state index in [0.717, 1.165) is 18.2 Å². The van der Waals surface area contributed by atoms with Crippen LogP contribution in [0.1, 0.15) is 38.7 Å². The van der Waals surface area contributed by atoms with Gasteiger partial charge in [-0.05, 0) is 42.4 Å². The summed E-state index contributed by atoms with van der Waals surface area (Å²) in [7, 11) is 0. The molecule has 96 valence electrons. The predicted octanol–water partition coefficient (Wildman–Crippen LogP) is 3.38. The van der Waals surface area contributed by atoms with E-state index in [1.807, 2.05) is 6.07 Å². The van der Waals surface area contributed by atoms with E-state index in [0.29, 0.717) is 11.3 Å². The van der Waals surface area contributed by atoms with Gasteiger partial charge >= 0.3 is 0 Å². The van der Waals surface area contributed by atoms with E-state index in [-0.39, 0.29) is 5.41 Å². The Morgan fingerprint density at radius 2 is 2.17 bits per heavy atom. The molecule has 0 aromatic heterocycles. The molecule has 0 saturated heterocycles. The summed E-state index contributed by atoms with van der Waals surface area (Å²) in [4.78, 5) is 0. The summed E-state index contributed by atoms with van der Waals surface area (Å²) in [5.41, 5.74) is 8.44. The van der Waals surface area contributed by atoms with Gasteiger partial charge in [0.25, 0.3) is 0 Å². The summed E-state index contributed by atoms with van der Waals surface area (Å²) in [6.07, 6.45) is 4.03. The van der Waals surface area contributed by atoms with Crippen LogP contribution in [0.25, 0.3) is 0 Å². The molecule has 1 aromatic carbocycles. The van der Waals surface area contributed by atoms with Crippen LogP contribution in [0, 0.1) is 22.7 Å². The molecule has 3 N–H and O–H groups in total. The second-order valence-corrected chi connectivity index (χ2v) is 5.88. The number of anilines is 2. The van der Waals surface area contributed by atoms with Crippen molar-refractivity contribution in [1.29, 1.82) is 5.26 Å². The number of hydrogen-bond acceptors (Lipinski definition) is 3. The van der Waals surface area contributed by atoms with Gasteiger partial charge in [-0.2, -0.15) is 5.26 Å². The second kappa shape index (κ2) is 4.89. The SMILES string of the molecule is CC(C)(CNc1cc(C#N)ccc1N)C1CCC1. The smallest absolute Gasteiger partial charge is 0.0992 e. The Balaban J connectivity index is 2.03. The average molecular weight is 243 g/mol. The zero-order valence-electron chi connectivity index (χ0n) is 11.2. The van der Waals surface area contributed by atoms with E-state index >= 15 is 0 Å². The number of benzene rings is 1. The molecule has 0 unspecified atom stereocenters. The minimum Gasteiger partial charge on any atom is -0.397 e. The maximum absolute atomic E-state index is 8.90. The van der Waals surface area contributed by atoms with Crippen molar-refractivity contribution in [3.05, 3.63) is 23.8 Å². The third-order valence-corrected chi connectivity index (χ3v) is 4.13. The van der Waals surface area contributed by atoms with E-state index < -0.39 is 0 Å². The number of nitrogens with two attached hydrogens (primary N) is 1. The minimum absolute atomic E-state index is 0.285. The topological polar surface area (TPSA) is 61.8 Å². The molecular weight excluding hydrogens is 222 g/mol. The Bertz CT molecular complexity index is 467. The standard InChI is InChI=1S/C15H21N3/c1-15(2,12-4-3-5-12)10-18-14-8-11(9-16)6-7-13(14)17/h6-8,12,18H,3-5,10,17H2,1-2H3. The molecule has 3 heteroatoms. The van der Waals surface area contributed by atoms with E-state index in [1.165, 1.54) is 19.3 Å². The largest absolute Gasteiger partial charge is 0.397 e. The fourth-order valence-corrected chi connectivity index (χ4v) is 2.44. The zero-order chi connectivity index (χ0) is 13.2. The quantitative estimate of drug-likeness (QED) is 0.797. The summed E-state index contributed by atoms with van der Waals surface area (Å²) >= 11 is 0. The van der Waals surface area contributed by atoms with Gasteiger partial charge in [-0.3, -0.25) is 0 Å². The molecule has 0 bridgehead atoms. The summed E-state index contributed by atoms with van der Waals surface area (Å²) in [5.74, 6) is 0.811. The van der Waals surface area contributed by atoms with Gasteiger partial charge in [0.1, 0.15) is 0 Å². The predicted molar refractivity (Wildman–Crippen MR) is 75.2 cm³/mol. The first kappa shape index (κ1) is 12.8. The molecule has 0 spiro atoms. The third-order valence-electron chi connectivity index (χ3n) is 4.13. The van der Waals surface area contributed by atoms with Crippen LogP contribution < -0.4 is 11.1 Å². The number of hydrogen-bond donors (Lipinski definition) is 2. The molecule has 0 atom stereocenters. The van der Waals surface area contributed by atoms with Crippen molar-refractivity contribution in [1.82, 2.24) is 0 Å². The summed E-state index contributed by atoms with van der Waals surface area (Å²) in [5, 5.41) is 12.3. The van der Waals surface area contributed by atoms with Crippen molar-refractivity contribution in [3.8, 4) is 6.07 Å². The van der Waals surface area contributed by atoms with Gasteiger partial charge in [-0.25, -0.2) is 0 Å². The highest BCUT2D eigenvalue weighted by atomic mass is 14.9. The van der Waals surface area contributed by atoms with Crippen molar-refractivity contribution in [2.45, 2.75) is 33.1 Å². The zero-order valence-corrected chi connectivity index (χ0v) is 11.2. The lowest BCUT2D eigenvalue weighted by Gasteiger charge is -2.40. The maximum atomic E-state index is 8.90. The normalized spacial score (nSPS) is 15.8. The Hall–Kier alpha value is -1.69. The molecule has 1 saturated carbocycles. The maximum Gasteiger partial charge on any atom is 0.0992 e. The highest BCUT2D eigenvalue weighted by Gasteiger charge is 2.33. The molecule has 3 nitrogen and oxygen atoms in total. The van der Waals surface area contributed by atoms with E-state index in [1.54, 1.807) is 12.1 Å². The molecule has 1 aliphatic rings. The fourth-order valence-electron chi connectivity index (χ4n) is 2.44. The Morgan fingerprint density at radius 1 is 1.44 bits per heavy atom. The lowest BCUT2D eigenvalue weighted by atomic mass is 9.67. The van der Waals surface area contributed by atoms with Gasteiger partial charge in [0.05, 0.1) is 23.0 Å². The molecule has 0 radical (unpaired) electrons. The number of nitrogens with one attached hydrogen (secondary N) is 1. The van der Waals surface area contributed by atoms with Gasteiger partial charge in [0, 0.05) is 6.54 Å². The van der Waals surface area contributed by atoms with Crippen LogP contribution in [0.2, 0.25) is 0 Å². The van der Waals surface area contributed by atoms with E-state index in [9.17, 15) is 0 Å². The van der Waals surface area contributed by atoms with Crippen LogP contribution >= 0.6 is 0 Å². The molecule has 1 fully saturated rings. The first-order chi connectivity index (χ1) is 8.53. The summed E-state index contributed by atoms with van der Waals surface area (Å²) in [6.45, 7) is 5.50. The van der Waals surface area contributed by atoms with Gasteiger partial charge in [-0.15, -0.1) is 0 Å².